The van der Waals surface area contributed by atoms with Crippen molar-refractivity contribution < 1.29 is 16.8 Å². The van der Waals surface area contributed by atoms with Gasteiger partial charge in [0.15, 0.2) is 0 Å². The van der Waals surface area contributed by atoms with E-state index in [1.165, 1.54) is 0 Å². The molecule has 1 aliphatic rings. The molecule has 12 heavy (non-hydrogen) atoms. The van der Waals surface area contributed by atoms with Gasteiger partial charge in [0, 0.05) is 0 Å². The van der Waals surface area contributed by atoms with Crippen molar-refractivity contribution in [2.75, 3.05) is 0 Å². The average molecular weight is 212 g/mol. The Kier molecular flexibility index (Phi) is 3.52. The summed E-state index contributed by atoms with van der Waals surface area (Å²) >= 11 is 0. The van der Waals surface area contributed by atoms with Crippen LogP contribution in [0, 0.1) is 0 Å². The quantitative estimate of drug-likeness (QED) is 0.607. The van der Waals surface area contributed by atoms with E-state index in [1.807, 2.05) is 0 Å². The third-order valence-corrected chi connectivity index (χ3v) is 4.35. The molecule has 72 valence electrons. The Balaban J connectivity index is 2.63. The summed E-state index contributed by atoms with van der Waals surface area (Å²) in [7, 11) is -4.87. The molecule has 0 bridgehead atoms. The van der Waals surface area contributed by atoms with Crippen LogP contribution in [-0.4, -0.2) is 27.3 Å². The lowest BCUT2D eigenvalue weighted by atomic mass is 10.00. The minimum atomic E-state index is -2.44. The predicted molar refractivity (Wildman–Crippen MR) is 46.7 cm³/mol. The van der Waals surface area contributed by atoms with E-state index in [2.05, 4.69) is 0 Å². The van der Waals surface area contributed by atoms with E-state index in [0.717, 1.165) is 0 Å². The first-order chi connectivity index (χ1) is 5.61. The van der Waals surface area contributed by atoms with Gasteiger partial charge in [-0.15, -0.1) is 0 Å². The molecule has 1 rings (SSSR count). The molecule has 0 amide bonds. The molecule has 0 aliphatic heterocycles. The molecule has 2 atom stereocenters. The molecule has 0 aromatic carbocycles. The Hall–Kier alpha value is -0.100. The van der Waals surface area contributed by atoms with Gasteiger partial charge in [-0.2, -0.15) is 0 Å². The molecule has 6 heteroatoms. The lowest BCUT2D eigenvalue weighted by Crippen LogP contribution is -2.25. The van der Waals surface area contributed by atoms with Crippen molar-refractivity contribution in [2.24, 2.45) is 0 Å². The van der Waals surface area contributed by atoms with Crippen LogP contribution in [0.25, 0.3) is 0 Å². The lowest BCUT2D eigenvalue weighted by Gasteiger charge is -2.20. The molecule has 0 spiro atoms. The van der Waals surface area contributed by atoms with Gasteiger partial charge in [-0.1, -0.05) is 6.42 Å². The van der Waals surface area contributed by atoms with Crippen LogP contribution in [0.1, 0.15) is 25.7 Å². The highest BCUT2D eigenvalue weighted by Gasteiger charge is 2.25. The largest absolute Gasteiger partial charge is 0.232 e. The standard InChI is InChI=1S/C6H12O4S2/c7-11(8)5-2-1-3-6(4-5)12(9)10/h5-6,11-12H,1-4H2. The molecule has 1 fully saturated rings. The number of hydrogen-bond acceptors (Lipinski definition) is 4. The number of rotatable bonds is 2. The van der Waals surface area contributed by atoms with Gasteiger partial charge in [0.2, 0.25) is 0 Å². The van der Waals surface area contributed by atoms with E-state index in [4.69, 9.17) is 0 Å². The molecule has 0 aromatic heterocycles. The second-order valence-corrected chi connectivity index (χ2v) is 5.65. The van der Waals surface area contributed by atoms with Gasteiger partial charge < -0.3 is 0 Å². The second kappa shape index (κ2) is 4.23. The molecule has 0 saturated heterocycles. The average Bonchev–Trinajstić information content (AvgIpc) is 2.04. The van der Waals surface area contributed by atoms with Crippen LogP contribution in [-0.2, 0) is 21.4 Å². The monoisotopic (exact) mass is 212 g/mol. The Labute approximate surface area is 74.9 Å². The zero-order valence-corrected chi connectivity index (χ0v) is 8.30. The van der Waals surface area contributed by atoms with Gasteiger partial charge in [-0.3, -0.25) is 0 Å². The Bertz CT molecular complexity index is 248. The molecule has 4 nitrogen and oxygen atoms in total. The van der Waals surface area contributed by atoms with Crippen LogP contribution in [0.5, 0.6) is 0 Å². The number of thiol groups is 2. The Morgan fingerprint density at radius 2 is 1.25 bits per heavy atom. The third-order valence-electron chi connectivity index (χ3n) is 2.22. The first-order valence-corrected chi connectivity index (χ1v) is 6.37. The van der Waals surface area contributed by atoms with Gasteiger partial charge in [0.05, 0.1) is 10.5 Å². The van der Waals surface area contributed by atoms with Crippen molar-refractivity contribution in [1.29, 1.82) is 0 Å². The fourth-order valence-electron chi connectivity index (χ4n) is 1.52. The van der Waals surface area contributed by atoms with Crippen molar-refractivity contribution in [3.63, 3.8) is 0 Å². The van der Waals surface area contributed by atoms with Gasteiger partial charge in [-0.25, -0.2) is 16.8 Å². The maximum absolute atomic E-state index is 10.6. The van der Waals surface area contributed by atoms with Crippen LogP contribution in [0.4, 0.5) is 0 Å². The van der Waals surface area contributed by atoms with E-state index in [9.17, 15) is 16.8 Å². The van der Waals surface area contributed by atoms with Crippen molar-refractivity contribution in [2.45, 2.75) is 36.2 Å². The van der Waals surface area contributed by atoms with Crippen molar-refractivity contribution in [3.05, 3.63) is 0 Å². The van der Waals surface area contributed by atoms with Gasteiger partial charge in [0.25, 0.3) is 0 Å². The van der Waals surface area contributed by atoms with Crippen molar-refractivity contribution >= 4 is 21.4 Å². The second-order valence-electron chi connectivity index (χ2n) is 3.04. The molecule has 0 aromatic rings. The first-order valence-electron chi connectivity index (χ1n) is 3.88. The maximum atomic E-state index is 10.6. The minimum Gasteiger partial charge on any atom is -0.232 e. The lowest BCUT2D eigenvalue weighted by molar-refractivity contribution is 0.484. The zero-order valence-electron chi connectivity index (χ0n) is 6.51. The van der Waals surface area contributed by atoms with E-state index in [-0.39, 0.29) is 0 Å². The van der Waals surface area contributed by atoms with Crippen molar-refractivity contribution in [3.8, 4) is 0 Å². The molecule has 0 radical (unpaired) electrons. The van der Waals surface area contributed by atoms with E-state index < -0.39 is 31.9 Å². The predicted octanol–water partition coefficient (Wildman–Crippen LogP) is -0.480. The summed E-state index contributed by atoms with van der Waals surface area (Å²) in [5.74, 6) is 0. The smallest absolute Gasteiger partial charge is 0.143 e. The minimum absolute atomic E-state index is 0.303. The van der Waals surface area contributed by atoms with Crippen LogP contribution < -0.4 is 0 Å². The highest BCUT2D eigenvalue weighted by Crippen LogP contribution is 2.22. The summed E-state index contributed by atoms with van der Waals surface area (Å²) in [6.07, 6.45) is 2.26. The fraction of sp³-hybridized carbons (Fsp3) is 1.00. The summed E-state index contributed by atoms with van der Waals surface area (Å²) < 4.78 is 42.3. The van der Waals surface area contributed by atoms with E-state index in [0.29, 0.717) is 25.7 Å². The van der Waals surface area contributed by atoms with Gasteiger partial charge in [-0.05, 0) is 19.3 Å². The van der Waals surface area contributed by atoms with E-state index in [1.54, 1.807) is 0 Å². The summed E-state index contributed by atoms with van der Waals surface area (Å²) in [6, 6.07) is 0. The molecule has 2 unspecified atom stereocenters. The zero-order chi connectivity index (χ0) is 9.14. The third kappa shape index (κ3) is 2.45. The van der Waals surface area contributed by atoms with Gasteiger partial charge >= 0.3 is 0 Å². The topological polar surface area (TPSA) is 68.3 Å². The van der Waals surface area contributed by atoms with Crippen LogP contribution >= 0.6 is 0 Å². The Morgan fingerprint density at radius 1 is 0.833 bits per heavy atom. The van der Waals surface area contributed by atoms with Crippen LogP contribution in [0.15, 0.2) is 0 Å². The Morgan fingerprint density at radius 3 is 1.58 bits per heavy atom. The van der Waals surface area contributed by atoms with Crippen LogP contribution in [0.3, 0.4) is 0 Å². The van der Waals surface area contributed by atoms with Crippen LogP contribution in [0.2, 0.25) is 0 Å². The molecule has 1 aliphatic carbocycles. The summed E-state index contributed by atoms with van der Waals surface area (Å²) in [5.41, 5.74) is 0. The molecule has 0 N–H and O–H groups in total. The summed E-state index contributed by atoms with van der Waals surface area (Å²) in [4.78, 5) is 0. The first kappa shape index (κ1) is 9.98. The maximum Gasteiger partial charge on any atom is 0.143 e. The fourth-order valence-corrected chi connectivity index (χ4v) is 3.33. The van der Waals surface area contributed by atoms with E-state index >= 15 is 0 Å². The van der Waals surface area contributed by atoms with Crippen molar-refractivity contribution in [1.82, 2.24) is 0 Å². The SMILES string of the molecule is O=[SH](=O)C1CCCC([SH](=O)=O)C1. The number of hydrogen-bond donors (Lipinski definition) is 2. The summed E-state index contributed by atoms with van der Waals surface area (Å²) in [6.45, 7) is 0. The van der Waals surface area contributed by atoms with Gasteiger partial charge in [0.1, 0.15) is 21.4 Å². The highest BCUT2D eigenvalue weighted by molar-refractivity contribution is 7.74. The highest BCUT2D eigenvalue weighted by atomic mass is 32.2. The molecule has 0 heterocycles. The molecule has 1 saturated carbocycles. The normalized spacial score (nSPS) is 31.2. The molecular formula is C6H12O4S2. The molecular weight excluding hydrogens is 200 g/mol. The summed E-state index contributed by atoms with van der Waals surface area (Å²) in [5, 5.41) is -0.821.